The number of aryl methyl sites for hydroxylation is 1. The zero-order valence-electron chi connectivity index (χ0n) is 9.41. The third-order valence-corrected chi connectivity index (χ3v) is 2.39. The van der Waals surface area contributed by atoms with Crippen LogP contribution in [0.25, 0.3) is 11.0 Å². The second kappa shape index (κ2) is 4.07. The second-order valence-electron chi connectivity index (χ2n) is 4.06. The van der Waals surface area contributed by atoms with Crippen LogP contribution in [0.4, 0.5) is 0 Å². The van der Waals surface area contributed by atoms with Crippen molar-refractivity contribution in [2.75, 3.05) is 0 Å². The van der Waals surface area contributed by atoms with Crippen molar-refractivity contribution in [3.05, 3.63) is 35.6 Å². The van der Waals surface area contributed by atoms with E-state index in [9.17, 15) is 0 Å². The first kappa shape index (κ1) is 10.2. The number of benzene rings is 1. The van der Waals surface area contributed by atoms with Crippen molar-refractivity contribution in [3.63, 3.8) is 0 Å². The average molecular weight is 204 g/mol. The minimum atomic E-state index is 0.235. The van der Waals surface area contributed by atoms with Gasteiger partial charge in [-0.3, -0.25) is 0 Å². The van der Waals surface area contributed by atoms with Crippen molar-refractivity contribution in [1.82, 2.24) is 0 Å². The van der Waals surface area contributed by atoms with Crippen molar-refractivity contribution < 1.29 is 9.15 Å². The molecule has 0 aliphatic rings. The van der Waals surface area contributed by atoms with Crippen LogP contribution in [0, 0.1) is 6.92 Å². The van der Waals surface area contributed by atoms with Crippen LogP contribution in [-0.2, 0) is 11.3 Å². The molecule has 0 N–H and O–H groups in total. The summed E-state index contributed by atoms with van der Waals surface area (Å²) in [5.74, 6) is 0.896. The van der Waals surface area contributed by atoms with E-state index in [-0.39, 0.29) is 6.10 Å². The first-order chi connectivity index (χ1) is 7.16. The van der Waals surface area contributed by atoms with Crippen LogP contribution in [0.15, 0.2) is 28.7 Å². The largest absolute Gasteiger partial charge is 0.459 e. The first-order valence-electron chi connectivity index (χ1n) is 5.26. The molecule has 1 heterocycles. The van der Waals surface area contributed by atoms with Gasteiger partial charge in [0.25, 0.3) is 0 Å². The van der Waals surface area contributed by atoms with Crippen molar-refractivity contribution in [2.45, 2.75) is 33.5 Å². The Labute approximate surface area is 89.8 Å². The van der Waals surface area contributed by atoms with Gasteiger partial charge in [-0.05, 0) is 38.5 Å². The van der Waals surface area contributed by atoms with Gasteiger partial charge in [-0.15, -0.1) is 0 Å². The van der Waals surface area contributed by atoms with E-state index in [1.165, 1.54) is 10.9 Å². The van der Waals surface area contributed by atoms with Gasteiger partial charge in [-0.2, -0.15) is 0 Å². The van der Waals surface area contributed by atoms with Gasteiger partial charge in [-0.25, -0.2) is 0 Å². The summed E-state index contributed by atoms with van der Waals surface area (Å²) in [6, 6.07) is 8.15. The van der Waals surface area contributed by atoms with Crippen LogP contribution in [0.2, 0.25) is 0 Å². The minimum absolute atomic E-state index is 0.235. The van der Waals surface area contributed by atoms with Gasteiger partial charge >= 0.3 is 0 Å². The molecule has 2 heteroatoms. The quantitative estimate of drug-likeness (QED) is 0.761. The zero-order chi connectivity index (χ0) is 10.8. The highest BCUT2D eigenvalue weighted by atomic mass is 16.5. The summed E-state index contributed by atoms with van der Waals surface area (Å²) in [5.41, 5.74) is 2.18. The summed E-state index contributed by atoms with van der Waals surface area (Å²) < 4.78 is 11.2. The van der Waals surface area contributed by atoms with Gasteiger partial charge in [-0.1, -0.05) is 12.1 Å². The Morgan fingerprint density at radius 1 is 1.33 bits per heavy atom. The van der Waals surface area contributed by atoms with E-state index in [1.807, 2.05) is 26.0 Å². The summed E-state index contributed by atoms with van der Waals surface area (Å²) in [5, 5.41) is 1.18. The van der Waals surface area contributed by atoms with Crippen LogP contribution in [0.3, 0.4) is 0 Å². The predicted molar refractivity (Wildman–Crippen MR) is 60.9 cm³/mol. The highest BCUT2D eigenvalue weighted by Crippen LogP contribution is 2.23. The fraction of sp³-hybridized carbons (Fsp3) is 0.385. The summed E-state index contributed by atoms with van der Waals surface area (Å²) in [6.07, 6.45) is 0.235. The fourth-order valence-corrected chi connectivity index (χ4v) is 1.58. The van der Waals surface area contributed by atoms with E-state index >= 15 is 0 Å². The van der Waals surface area contributed by atoms with Gasteiger partial charge in [0.2, 0.25) is 0 Å². The number of hydrogen-bond donors (Lipinski definition) is 0. The molecular weight excluding hydrogens is 188 g/mol. The van der Waals surface area contributed by atoms with E-state index in [1.54, 1.807) is 0 Å². The summed E-state index contributed by atoms with van der Waals surface area (Å²) in [6.45, 7) is 6.68. The van der Waals surface area contributed by atoms with Crippen molar-refractivity contribution in [2.24, 2.45) is 0 Å². The van der Waals surface area contributed by atoms with Gasteiger partial charge in [0.1, 0.15) is 18.0 Å². The molecule has 0 aliphatic heterocycles. The number of furan rings is 1. The molecular formula is C13H16O2. The lowest BCUT2D eigenvalue weighted by molar-refractivity contribution is 0.0553. The molecule has 0 fully saturated rings. The second-order valence-corrected chi connectivity index (χ2v) is 4.06. The van der Waals surface area contributed by atoms with E-state index in [2.05, 4.69) is 19.1 Å². The summed E-state index contributed by atoms with van der Waals surface area (Å²) in [4.78, 5) is 0. The first-order valence-corrected chi connectivity index (χ1v) is 5.26. The van der Waals surface area contributed by atoms with Gasteiger partial charge < -0.3 is 9.15 Å². The van der Waals surface area contributed by atoms with E-state index in [4.69, 9.17) is 9.15 Å². The molecule has 0 aliphatic carbocycles. The number of hydrogen-bond acceptors (Lipinski definition) is 2. The Balaban J connectivity index is 2.27. The van der Waals surface area contributed by atoms with Crippen LogP contribution in [0.5, 0.6) is 0 Å². The van der Waals surface area contributed by atoms with Crippen LogP contribution < -0.4 is 0 Å². The van der Waals surface area contributed by atoms with E-state index in [0.29, 0.717) is 6.61 Å². The normalized spacial score (nSPS) is 11.5. The molecule has 2 nitrogen and oxygen atoms in total. The third kappa shape index (κ3) is 2.21. The molecule has 0 radical (unpaired) electrons. The molecule has 2 rings (SSSR count). The number of rotatable bonds is 3. The van der Waals surface area contributed by atoms with Gasteiger partial charge in [0, 0.05) is 5.39 Å². The lowest BCUT2D eigenvalue weighted by atomic mass is 10.1. The van der Waals surface area contributed by atoms with Gasteiger partial charge in [0.15, 0.2) is 0 Å². The molecule has 0 bridgehead atoms. The SMILES string of the molecule is Cc1cccc2oc(COC(C)C)cc12. The minimum Gasteiger partial charge on any atom is -0.459 e. The molecule has 1 aromatic carbocycles. The Morgan fingerprint density at radius 2 is 2.13 bits per heavy atom. The zero-order valence-corrected chi connectivity index (χ0v) is 9.41. The molecule has 0 saturated heterocycles. The van der Waals surface area contributed by atoms with E-state index in [0.717, 1.165) is 11.3 Å². The Kier molecular flexibility index (Phi) is 2.78. The molecule has 2 aromatic rings. The van der Waals surface area contributed by atoms with Crippen LogP contribution in [-0.4, -0.2) is 6.10 Å². The molecule has 0 spiro atoms. The third-order valence-electron chi connectivity index (χ3n) is 2.39. The topological polar surface area (TPSA) is 22.4 Å². The Bertz CT molecular complexity index is 455. The molecule has 80 valence electrons. The molecule has 0 unspecified atom stereocenters. The van der Waals surface area contributed by atoms with Crippen LogP contribution >= 0.6 is 0 Å². The molecule has 0 saturated carbocycles. The predicted octanol–water partition coefficient (Wildman–Crippen LogP) is 3.67. The average Bonchev–Trinajstić information content (AvgIpc) is 2.59. The number of ether oxygens (including phenoxy) is 1. The molecule has 0 atom stereocenters. The van der Waals surface area contributed by atoms with Gasteiger partial charge in [0.05, 0.1) is 6.10 Å². The van der Waals surface area contributed by atoms with Crippen molar-refractivity contribution >= 4 is 11.0 Å². The smallest absolute Gasteiger partial charge is 0.134 e. The van der Waals surface area contributed by atoms with Crippen LogP contribution in [0.1, 0.15) is 25.2 Å². The highest BCUT2D eigenvalue weighted by molar-refractivity contribution is 5.81. The lowest BCUT2D eigenvalue weighted by Crippen LogP contribution is -2.01. The maximum absolute atomic E-state index is 5.67. The van der Waals surface area contributed by atoms with Crippen molar-refractivity contribution in [3.8, 4) is 0 Å². The highest BCUT2D eigenvalue weighted by Gasteiger charge is 2.05. The molecule has 0 amide bonds. The summed E-state index contributed by atoms with van der Waals surface area (Å²) in [7, 11) is 0. The maximum atomic E-state index is 5.67. The monoisotopic (exact) mass is 204 g/mol. The fourth-order valence-electron chi connectivity index (χ4n) is 1.58. The maximum Gasteiger partial charge on any atom is 0.134 e. The van der Waals surface area contributed by atoms with Crippen molar-refractivity contribution in [1.29, 1.82) is 0 Å². The Hall–Kier alpha value is -1.28. The molecule has 1 aromatic heterocycles. The van der Waals surface area contributed by atoms with E-state index < -0.39 is 0 Å². The lowest BCUT2D eigenvalue weighted by Gasteiger charge is -2.03. The Morgan fingerprint density at radius 3 is 2.80 bits per heavy atom. The molecule has 15 heavy (non-hydrogen) atoms. The standard InChI is InChI=1S/C13H16O2/c1-9(2)14-8-11-7-12-10(3)5-4-6-13(12)15-11/h4-7,9H,8H2,1-3H3. The summed E-state index contributed by atoms with van der Waals surface area (Å²) >= 11 is 0. The number of fused-ring (bicyclic) bond motifs is 1.